The largest absolute Gasteiger partial charge is 0.481 e. The molecule has 0 saturated carbocycles. The highest BCUT2D eigenvalue weighted by Crippen LogP contribution is 2.13. The summed E-state index contributed by atoms with van der Waals surface area (Å²) in [6.45, 7) is 2.19. The monoisotopic (exact) mass is 260 g/mol. The van der Waals surface area contributed by atoms with Gasteiger partial charge in [-0.2, -0.15) is 0 Å². The molecule has 0 aromatic carbocycles. The topological polar surface area (TPSA) is 77.8 Å². The minimum atomic E-state index is -0.933. The molecule has 0 amide bonds. The predicted octanol–water partition coefficient (Wildman–Crippen LogP) is 2.71. The molecule has 0 aromatic rings. The van der Waals surface area contributed by atoms with Gasteiger partial charge >= 0.3 is 5.97 Å². The van der Waals surface area contributed by atoms with E-state index in [0.29, 0.717) is 6.42 Å². The molecular weight excluding hydrogens is 232 g/mol. The summed E-state index contributed by atoms with van der Waals surface area (Å²) in [5.74, 6) is -0.933. The first-order chi connectivity index (χ1) is 8.57. The Morgan fingerprint density at radius 2 is 1.39 bits per heavy atom. The van der Waals surface area contributed by atoms with E-state index in [0.717, 1.165) is 12.8 Å². The van der Waals surface area contributed by atoms with Crippen LogP contribution in [0.5, 0.6) is 0 Å². The fourth-order valence-electron chi connectivity index (χ4n) is 1.97. The average Bonchev–Trinajstić information content (AvgIpc) is 2.34. The van der Waals surface area contributed by atoms with Gasteiger partial charge in [-0.1, -0.05) is 51.9 Å². The number of rotatable bonds is 12. The van der Waals surface area contributed by atoms with Gasteiger partial charge in [-0.25, -0.2) is 0 Å². The van der Waals surface area contributed by atoms with Crippen molar-refractivity contribution < 1.29 is 20.1 Å². The average molecular weight is 260 g/mol. The fraction of sp³-hybridized carbons (Fsp3) is 0.929. The fourth-order valence-corrected chi connectivity index (χ4v) is 1.97. The van der Waals surface area contributed by atoms with Crippen LogP contribution in [0.2, 0.25) is 0 Å². The third kappa shape index (κ3) is 10.5. The molecule has 18 heavy (non-hydrogen) atoms. The van der Waals surface area contributed by atoms with Gasteiger partial charge in [-0.05, 0) is 12.8 Å². The number of aliphatic carboxylic acids is 1. The van der Waals surface area contributed by atoms with E-state index in [1.54, 1.807) is 0 Å². The lowest BCUT2D eigenvalue weighted by Gasteiger charge is -2.16. The standard InChI is InChI=1S/C14H28O4/c1-2-3-4-5-6-7-8-9-12(15)13(16)10-11-14(17)18/h12-13,15-16H,2-11H2,1H3,(H,17,18). The van der Waals surface area contributed by atoms with Gasteiger partial charge in [0, 0.05) is 6.42 Å². The number of carboxylic acids is 1. The zero-order chi connectivity index (χ0) is 13.8. The van der Waals surface area contributed by atoms with Crippen molar-refractivity contribution in [3.63, 3.8) is 0 Å². The first-order valence-electron chi connectivity index (χ1n) is 7.15. The number of hydrogen-bond acceptors (Lipinski definition) is 3. The van der Waals surface area contributed by atoms with Crippen LogP contribution in [0, 0.1) is 0 Å². The van der Waals surface area contributed by atoms with Gasteiger partial charge in [0.05, 0.1) is 12.2 Å². The molecule has 2 atom stereocenters. The summed E-state index contributed by atoms with van der Waals surface area (Å²) in [5, 5.41) is 27.6. The maximum Gasteiger partial charge on any atom is 0.303 e. The summed E-state index contributed by atoms with van der Waals surface area (Å²) in [7, 11) is 0. The minimum absolute atomic E-state index is 0.0881. The van der Waals surface area contributed by atoms with Gasteiger partial charge < -0.3 is 15.3 Å². The zero-order valence-electron chi connectivity index (χ0n) is 11.5. The second-order valence-electron chi connectivity index (χ2n) is 4.98. The van der Waals surface area contributed by atoms with Crippen molar-refractivity contribution in [1.82, 2.24) is 0 Å². The van der Waals surface area contributed by atoms with Crippen molar-refractivity contribution in [2.24, 2.45) is 0 Å². The first-order valence-corrected chi connectivity index (χ1v) is 7.15. The molecule has 0 rings (SSSR count). The first kappa shape index (κ1) is 17.4. The number of carbonyl (C=O) groups is 1. The van der Waals surface area contributed by atoms with Crippen molar-refractivity contribution in [1.29, 1.82) is 0 Å². The Bertz CT molecular complexity index is 206. The van der Waals surface area contributed by atoms with Crippen molar-refractivity contribution in [3.8, 4) is 0 Å². The molecule has 3 N–H and O–H groups in total. The van der Waals surface area contributed by atoms with Crippen LogP contribution in [0.3, 0.4) is 0 Å². The molecule has 0 aliphatic carbocycles. The van der Waals surface area contributed by atoms with Crippen molar-refractivity contribution in [2.45, 2.75) is 83.3 Å². The smallest absolute Gasteiger partial charge is 0.303 e. The number of carboxylic acid groups (broad SMARTS) is 1. The summed E-state index contributed by atoms with van der Waals surface area (Å²) in [6.07, 6.45) is 7.14. The molecule has 0 saturated heterocycles. The van der Waals surface area contributed by atoms with Crippen LogP contribution in [0.1, 0.15) is 71.1 Å². The highest BCUT2D eigenvalue weighted by Gasteiger charge is 2.16. The van der Waals surface area contributed by atoms with E-state index >= 15 is 0 Å². The lowest BCUT2D eigenvalue weighted by molar-refractivity contribution is -0.138. The van der Waals surface area contributed by atoms with E-state index in [1.165, 1.54) is 32.1 Å². The number of aliphatic hydroxyl groups excluding tert-OH is 2. The second kappa shape index (κ2) is 11.5. The van der Waals surface area contributed by atoms with Crippen molar-refractivity contribution in [2.75, 3.05) is 0 Å². The lowest BCUT2D eigenvalue weighted by atomic mass is 10.0. The van der Waals surface area contributed by atoms with Gasteiger partial charge in [0.2, 0.25) is 0 Å². The van der Waals surface area contributed by atoms with Crippen LogP contribution < -0.4 is 0 Å². The molecule has 0 radical (unpaired) electrons. The van der Waals surface area contributed by atoms with E-state index in [-0.39, 0.29) is 12.8 Å². The molecule has 4 nitrogen and oxygen atoms in total. The molecule has 0 bridgehead atoms. The summed E-state index contributed by atoms with van der Waals surface area (Å²) in [5.41, 5.74) is 0. The number of hydrogen-bond donors (Lipinski definition) is 3. The molecule has 108 valence electrons. The Hall–Kier alpha value is -0.610. The van der Waals surface area contributed by atoms with Gasteiger partial charge in [0.1, 0.15) is 0 Å². The van der Waals surface area contributed by atoms with Crippen LogP contribution >= 0.6 is 0 Å². The minimum Gasteiger partial charge on any atom is -0.481 e. The summed E-state index contributed by atoms with van der Waals surface area (Å²) >= 11 is 0. The maximum atomic E-state index is 10.3. The Morgan fingerprint density at radius 1 is 0.889 bits per heavy atom. The molecule has 0 heterocycles. The zero-order valence-corrected chi connectivity index (χ0v) is 11.5. The third-order valence-electron chi connectivity index (χ3n) is 3.20. The molecule has 0 aliphatic rings. The molecule has 0 spiro atoms. The molecule has 0 aliphatic heterocycles. The van der Waals surface area contributed by atoms with Crippen LogP contribution in [0.25, 0.3) is 0 Å². The van der Waals surface area contributed by atoms with Crippen LogP contribution in [0.15, 0.2) is 0 Å². The van der Waals surface area contributed by atoms with E-state index in [9.17, 15) is 15.0 Å². The highest BCUT2D eigenvalue weighted by atomic mass is 16.4. The third-order valence-corrected chi connectivity index (χ3v) is 3.20. The Balaban J connectivity index is 3.40. The van der Waals surface area contributed by atoms with Crippen LogP contribution in [-0.2, 0) is 4.79 Å². The summed E-state index contributed by atoms with van der Waals surface area (Å²) < 4.78 is 0. The number of aliphatic hydroxyl groups is 2. The maximum absolute atomic E-state index is 10.3. The van der Waals surface area contributed by atoms with E-state index < -0.39 is 18.2 Å². The second-order valence-corrected chi connectivity index (χ2v) is 4.98. The van der Waals surface area contributed by atoms with Gasteiger partial charge in [0.25, 0.3) is 0 Å². The highest BCUT2D eigenvalue weighted by molar-refractivity contribution is 5.66. The molecular formula is C14H28O4. The summed E-state index contributed by atoms with van der Waals surface area (Å²) in [6, 6.07) is 0. The van der Waals surface area contributed by atoms with Crippen molar-refractivity contribution in [3.05, 3.63) is 0 Å². The Morgan fingerprint density at radius 3 is 1.94 bits per heavy atom. The molecule has 0 aromatic heterocycles. The lowest BCUT2D eigenvalue weighted by Crippen LogP contribution is -2.26. The predicted molar refractivity (Wildman–Crippen MR) is 71.5 cm³/mol. The Labute approximate surface area is 110 Å². The van der Waals surface area contributed by atoms with Gasteiger partial charge in [0.15, 0.2) is 0 Å². The molecule has 0 fully saturated rings. The van der Waals surface area contributed by atoms with Crippen LogP contribution in [-0.4, -0.2) is 33.5 Å². The van der Waals surface area contributed by atoms with Gasteiger partial charge in [-0.3, -0.25) is 4.79 Å². The molecule has 4 heteroatoms. The normalized spacial score (nSPS) is 14.4. The molecule has 2 unspecified atom stereocenters. The van der Waals surface area contributed by atoms with E-state index in [1.807, 2.05) is 0 Å². The van der Waals surface area contributed by atoms with Crippen LogP contribution in [0.4, 0.5) is 0 Å². The SMILES string of the molecule is CCCCCCCCCC(O)C(O)CCC(=O)O. The van der Waals surface area contributed by atoms with E-state index in [4.69, 9.17) is 5.11 Å². The van der Waals surface area contributed by atoms with E-state index in [2.05, 4.69) is 6.92 Å². The number of unbranched alkanes of at least 4 members (excludes halogenated alkanes) is 6. The van der Waals surface area contributed by atoms with Gasteiger partial charge in [-0.15, -0.1) is 0 Å². The Kier molecular flexibility index (Phi) is 11.1. The quantitative estimate of drug-likeness (QED) is 0.471. The van der Waals surface area contributed by atoms with Crippen molar-refractivity contribution >= 4 is 5.97 Å². The summed E-state index contributed by atoms with van der Waals surface area (Å²) in [4.78, 5) is 10.3.